The van der Waals surface area contributed by atoms with Gasteiger partial charge in [-0.3, -0.25) is 4.79 Å². The van der Waals surface area contributed by atoms with Crippen LogP contribution in [0.5, 0.6) is 0 Å². The highest BCUT2D eigenvalue weighted by atomic mass is 19.1. The normalized spacial score (nSPS) is 10.7. The van der Waals surface area contributed by atoms with Gasteiger partial charge in [-0.05, 0) is 24.3 Å². The molecule has 1 aromatic carbocycles. The van der Waals surface area contributed by atoms with Crippen LogP contribution in [-0.4, -0.2) is 20.9 Å². The van der Waals surface area contributed by atoms with E-state index in [1.807, 2.05) is 0 Å². The summed E-state index contributed by atoms with van der Waals surface area (Å²) in [7, 11) is 0. The van der Waals surface area contributed by atoms with Crippen LogP contribution in [0.4, 0.5) is 4.39 Å². The average Bonchev–Trinajstić information content (AvgIpc) is 2.82. The predicted molar refractivity (Wildman–Crippen MR) is 63.8 cm³/mol. The first kappa shape index (κ1) is 10.6. The fourth-order valence-corrected chi connectivity index (χ4v) is 1.77. The van der Waals surface area contributed by atoms with Crippen LogP contribution in [0.1, 0.15) is 10.5 Å². The number of nitrogens with zero attached hydrogens (tertiary/aromatic N) is 3. The Morgan fingerprint density at radius 3 is 2.72 bits per heavy atom. The van der Waals surface area contributed by atoms with E-state index in [2.05, 4.69) is 10.1 Å². The van der Waals surface area contributed by atoms with Crippen molar-refractivity contribution in [2.24, 2.45) is 0 Å². The Morgan fingerprint density at radius 2 is 1.94 bits per heavy atom. The molecule has 0 aliphatic carbocycles. The summed E-state index contributed by atoms with van der Waals surface area (Å²) in [5.74, 6) is -0.122. The zero-order valence-electron chi connectivity index (χ0n) is 9.25. The highest BCUT2D eigenvalue weighted by molar-refractivity contribution is 5.74. The first-order valence-corrected chi connectivity index (χ1v) is 5.35. The van der Waals surface area contributed by atoms with E-state index in [0.29, 0.717) is 23.2 Å². The molecule has 3 rings (SSSR count). The van der Waals surface area contributed by atoms with Crippen molar-refractivity contribution < 1.29 is 9.18 Å². The van der Waals surface area contributed by atoms with Gasteiger partial charge in [-0.1, -0.05) is 18.2 Å². The largest absolute Gasteiger partial charge is 0.296 e. The number of halogens is 1. The second-order valence-corrected chi connectivity index (χ2v) is 3.75. The van der Waals surface area contributed by atoms with Crippen molar-refractivity contribution in [3.8, 4) is 11.4 Å². The summed E-state index contributed by atoms with van der Waals surface area (Å²) < 4.78 is 15.0. The molecule has 0 N–H and O–H groups in total. The zero-order valence-corrected chi connectivity index (χ0v) is 9.25. The van der Waals surface area contributed by atoms with E-state index in [1.165, 1.54) is 10.6 Å². The van der Waals surface area contributed by atoms with Crippen molar-refractivity contribution in [3.05, 3.63) is 54.0 Å². The summed E-state index contributed by atoms with van der Waals surface area (Å²) >= 11 is 0. The number of benzene rings is 1. The first-order chi connectivity index (χ1) is 8.79. The number of carbonyl (C=O) groups excluding carboxylic acids is 1. The number of rotatable bonds is 2. The van der Waals surface area contributed by atoms with E-state index >= 15 is 0 Å². The van der Waals surface area contributed by atoms with Crippen LogP contribution in [0.15, 0.2) is 42.5 Å². The van der Waals surface area contributed by atoms with Crippen LogP contribution in [0.25, 0.3) is 17.0 Å². The molecule has 18 heavy (non-hydrogen) atoms. The lowest BCUT2D eigenvalue weighted by molar-refractivity contribution is 0.111. The molecule has 0 amide bonds. The molecule has 0 saturated carbocycles. The van der Waals surface area contributed by atoms with E-state index in [-0.39, 0.29) is 11.6 Å². The molecule has 3 aromatic rings. The minimum Gasteiger partial charge on any atom is -0.296 e. The van der Waals surface area contributed by atoms with Gasteiger partial charge >= 0.3 is 0 Å². The minimum atomic E-state index is -0.388. The number of hydrogen-bond donors (Lipinski definition) is 0. The van der Waals surface area contributed by atoms with Gasteiger partial charge in [-0.15, -0.1) is 5.10 Å². The van der Waals surface area contributed by atoms with E-state index in [4.69, 9.17) is 0 Å². The summed E-state index contributed by atoms with van der Waals surface area (Å²) in [5.41, 5.74) is 1.21. The molecule has 0 spiro atoms. The molecule has 0 saturated heterocycles. The Morgan fingerprint density at radius 1 is 1.11 bits per heavy atom. The van der Waals surface area contributed by atoms with Gasteiger partial charge in [0.2, 0.25) is 0 Å². The Kier molecular flexibility index (Phi) is 2.37. The van der Waals surface area contributed by atoms with Gasteiger partial charge in [0.15, 0.2) is 17.8 Å². The van der Waals surface area contributed by atoms with E-state index in [0.717, 1.165) is 0 Å². The topological polar surface area (TPSA) is 47.3 Å². The van der Waals surface area contributed by atoms with E-state index in [9.17, 15) is 9.18 Å². The molecule has 2 aromatic heterocycles. The fraction of sp³-hybridized carbons (Fsp3) is 0. The van der Waals surface area contributed by atoms with Gasteiger partial charge in [0, 0.05) is 0 Å². The quantitative estimate of drug-likeness (QED) is 0.647. The standard InChI is InChI=1S/C13H8FN3O/c14-11-6-2-1-5-10(11)13-15-12-7-3-4-9(8-18)17(12)16-13/h1-8H. The average molecular weight is 241 g/mol. The van der Waals surface area contributed by atoms with Crippen LogP contribution in [0, 0.1) is 5.82 Å². The molecule has 0 fully saturated rings. The molecule has 0 atom stereocenters. The van der Waals surface area contributed by atoms with Crippen LogP contribution >= 0.6 is 0 Å². The van der Waals surface area contributed by atoms with Crippen molar-refractivity contribution in [2.75, 3.05) is 0 Å². The third kappa shape index (κ3) is 1.57. The summed E-state index contributed by atoms with van der Waals surface area (Å²) in [4.78, 5) is 15.1. The monoisotopic (exact) mass is 241 g/mol. The number of aromatic nitrogens is 3. The van der Waals surface area contributed by atoms with Gasteiger partial charge in [-0.25, -0.2) is 13.9 Å². The van der Waals surface area contributed by atoms with Crippen LogP contribution in [0.2, 0.25) is 0 Å². The van der Waals surface area contributed by atoms with Crippen LogP contribution in [-0.2, 0) is 0 Å². The fourth-order valence-electron chi connectivity index (χ4n) is 1.77. The molecule has 0 aliphatic heterocycles. The predicted octanol–water partition coefficient (Wildman–Crippen LogP) is 2.35. The lowest BCUT2D eigenvalue weighted by atomic mass is 10.2. The molecular formula is C13H8FN3O. The third-order valence-corrected chi connectivity index (χ3v) is 2.62. The zero-order chi connectivity index (χ0) is 12.5. The minimum absolute atomic E-state index is 0.266. The van der Waals surface area contributed by atoms with Crippen LogP contribution < -0.4 is 0 Å². The smallest absolute Gasteiger partial charge is 0.185 e. The Balaban J connectivity index is 2.26. The number of carbonyl (C=O) groups is 1. The maximum absolute atomic E-state index is 13.6. The van der Waals surface area contributed by atoms with Crippen molar-refractivity contribution in [1.82, 2.24) is 14.6 Å². The summed E-state index contributed by atoms with van der Waals surface area (Å²) in [6.07, 6.45) is 0.687. The van der Waals surface area contributed by atoms with Crippen molar-refractivity contribution in [2.45, 2.75) is 0 Å². The van der Waals surface area contributed by atoms with Gasteiger partial charge < -0.3 is 0 Å². The van der Waals surface area contributed by atoms with Crippen molar-refractivity contribution >= 4 is 11.9 Å². The first-order valence-electron chi connectivity index (χ1n) is 5.35. The van der Waals surface area contributed by atoms with E-state index < -0.39 is 0 Å². The maximum atomic E-state index is 13.6. The summed E-state index contributed by atoms with van der Waals surface area (Å²) in [6.45, 7) is 0. The molecule has 2 heterocycles. The molecule has 0 unspecified atom stereocenters. The van der Waals surface area contributed by atoms with Crippen LogP contribution in [0.3, 0.4) is 0 Å². The lowest BCUT2D eigenvalue weighted by Gasteiger charge is -1.95. The highest BCUT2D eigenvalue weighted by Gasteiger charge is 2.11. The molecule has 0 bridgehead atoms. The molecule has 5 heteroatoms. The lowest BCUT2D eigenvalue weighted by Crippen LogP contribution is -1.96. The number of fused-ring (bicyclic) bond motifs is 1. The number of aldehydes is 1. The number of hydrogen-bond acceptors (Lipinski definition) is 3. The van der Waals surface area contributed by atoms with Gasteiger partial charge in [0.1, 0.15) is 11.5 Å². The molecule has 0 radical (unpaired) electrons. The Hall–Kier alpha value is -2.56. The molecular weight excluding hydrogens is 233 g/mol. The Bertz CT molecular complexity index is 736. The van der Waals surface area contributed by atoms with Gasteiger partial charge in [0.25, 0.3) is 0 Å². The molecule has 0 aliphatic rings. The van der Waals surface area contributed by atoms with Crippen molar-refractivity contribution in [1.29, 1.82) is 0 Å². The molecule has 88 valence electrons. The van der Waals surface area contributed by atoms with Crippen molar-refractivity contribution in [3.63, 3.8) is 0 Å². The Labute approximate surface area is 102 Å². The highest BCUT2D eigenvalue weighted by Crippen LogP contribution is 2.19. The second-order valence-electron chi connectivity index (χ2n) is 3.75. The number of pyridine rings is 1. The second kappa shape index (κ2) is 4.03. The third-order valence-electron chi connectivity index (χ3n) is 2.62. The van der Waals surface area contributed by atoms with Gasteiger partial charge in [-0.2, -0.15) is 0 Å². The van der Waals surface area contributed by atoms with Gasteiger partial charge in [0.05, 0.1) is 5.56 Å². The summed E-state index contributed by atoms with van der Waals surface area (Å²) in [6, 6.07) is 11.3. The van der Waals surface area contributed by atoms with E-state index in [1.54, 1.807) is 36.4 Å². The summed E-state index contributed by atoms with van der Waals surface area (Å²) in [5, 5.41) is 4.15. The SMILES string of the molecule is O=Cc1cccc2nc(-c3ccccc3F)nn12. The molecule has 4 nitrogen and oxygen atoms in total. The maximum Gasteiger partial charge on any atom is 0.185 e.